The lowest BCUT2D eigenvalue weighted by Gasteiger charge is -2.35. The molecule has 0 aromatic heterocycles. The van der Waals surface area contributed by atoms with Crippen LogP contribution in [0.25, 0.3) is 0 Å². The molecule has 1 aromatic carbocycles. The minimum absolute atomic E-state index is 0.0953. The third kappa shape index (κ3) is 4.19. The first-order valence-corrected chi connectivity index (χ1v) is 7.77. The van der Waals surface area contributed by atoms with Crippen molar-refractivity contribution in [1.29, 1.82) is 0 Å². The van der Waals surface area contributed by atoms with Gasteiger partial charge in [0.05, 0.1) is 12.0 Å². The molecule has 0 aliphatic carbocycles. The van der Waals surface area contributed by atoms with Gasteiger partial charge in [0.2, 0.25) is 5.91 Å². The molecule has 1 aromatic rings. The van der Waals surface area contributed by atoms with Gasteiger partial charge < -0.3 is 15.4 Å². The number of carbonyl (C=O) groups excluding carboxylic acids is 1. The fourth-order valence-electron chi connectivity index (χ4n) is 2.82. The average Bonchev–Trinajstić information content (AvgIpc) is 2.50. The number of amides is 1. The molecule has 1 fully saturated rings. The van der Waals surface area contributed by atoms with Gasteiger partial charge in [-0.15, -0.1) is 0 Å². The van der Waals surface area contributed by atoms with Crippen LogP contribution in [0.1, 0.15) is 18.4 Å². The molecule has 0 atom stereocenters. The largest absolute Gasteiger partial charge is 0.384 e. The molecule has 0 bridgehead atoms. The molecule has 21 heavy (non-hydrogen) atoms. The number of benzene rings is 1. The summed E-state index contributed by atoms with van der Waals surface area (Å²) in [6.45, 7) is 2.80. The van der Waals surface area contributed by atoms with Crippen molar-refractivity contribution in [2.45, 2.75) is 19.3 Å². The Bertz CT molecular complexity index is 468. The normalized spacial score (nSPS) is 17.4. The molecule has 2 rings (SSSR count). The van der Waals surface area contributed by atoms with E-state index >= 15 is 0 Å². The standard InChI is InChI=1S/C16H23ClN2O2/c1-21-12-16(7-10-18-11-8-16)15(20)19-9-6-13-4-2-3-5-14(13)17/h2-5,18H,6-12H2,1H3,(H,19,20). The SMILES string of the molecule is COCC1(C(=O)NCCc2ccccc2Cl)CCNCC1. The lowest BCUT2D eigenvalue weighted by atomic mass is 9.78. The van der Waals surface area contributed by atoms with E-state index in [2.05, 4.69) is 10.6 Å². The van der Waals surface area contributed by atoms with E-state index in [0.29, 0.717) is 13.2 Å². The van der Waals surface area contributed by atoms with Gasteiger partial charge in [-0.25, -0.2) is 0 Å². The quantitative estimate of drug-likeness (QED) is 0.845. The van der Waals surface area contributed by atoms with E-state index in [9.17, 15) is 4.79 Å². The van der Waals surface area contributed by atoms with E-state index in [4.69, 9.17) is 16.3 Å². The van der Waals surface area contributed by atoms with Gasteiger partial charge in [-0.1, -0.05) is 29.8 Å². The van der Waals surface area contributed by atoms with Crippen LogP contribution in [-0.4, -0.2) is 39.3 Å². The Morgan fingerprint density at radius 3 is 2.76 bits per heavy atom. The second kappa shape index (κ2) is 7.78. The maximum atomic E-state index is 12.5. The Morgan fingerprint density at radius 2 is 2.10 bits per heavy atom. The highest BCUT2D eigenvalue weighted by atomic mass is 35.5. The van der Waals surface area contributed by atoms with E-state index < -0.39 is 0 Å². The zero-order valence-electron chi connectivity index (χ0n) is 12.5. The van der Waals surface area contributed by atoms with Crippen LogP contribution in [-0.2, 0) is 16.0 Å². The van der Waals surface area contributed by atoms with Crippen molar-refractivity contribution in [2.75, 3.05) is 33.4 Å². The first kappa shape index (κ1) is 16.3. The predicted octanol–water partition coefficient (Wildman–Crippen LogP) is 2.01. The van der Waals surface area contributed by atoms with E-state index in [0.717, 1.165) is 42.9 Å². The number of rotatable bonds is 6. The monoisotopic (exact) mass is 310 g/mol. The first-order valence-electron chi connectivity index (χ1n) is 7.39. The topological polar surface area (TPSA) is 50.4 Å². The fraction of sp³-hybridized carbons (Fsp3) is 0.562. The minimum Gasteiger partial charge on any atom is -0.384 e. The summed E-state index contributed by atoms with van der Waals surface area (Å²) in [5.74, 6) is 0.0953. The minimum atomic E-state index is -0.388. The zero-order chi connectivity index (χ0) is 15.1. The Hall–Kier alpha value is -1.10. The molecule has 0 spiro atoms. The number of hydrogen-bond donors (Lipinski definition) is 2. The van der Waals surface area contributed by atoms with Gasteiger partial charge >= 0.3 is 0 Å². The molecule has 0 radical (unpaired) electrons. The predicted molar refractivity (Wildman–Crippen MR) is 84.6 cm³/mol. The Labute approximate surface area is 131 Å². The third-order valence-electron chi connectivity index (χ3n) is 4.10. The molecule has 1 aliphatic rings. The van der Waals surface area contributed by atoms with Gasteiger partial charge in [-0.2, -0.15) is 0 Å². The maximum absolute atomic E-state index is 12.5. The summed E-state index contributed by atoms with van der Waals surface area (Å²) >= 11 is 6.12. The van der Waals surface area contributed by atoms with Gasteiger partial charge in [0, 0.05) is 18.7 Å². The third-order valence-corrected chi connectivity index (χ3v) is 4.47. The molecular formula is C16H23ClN2O2. The Morgan fingerprint density at radius 1 is 1.38 bits per heavy atom. The van der Waals surface area contributed by atoms with Gasteiger partial charge in [-0.05, 0) is 44.0 Å². The van der Waals surface area contributed by atoms with Crippen molar-refractivity contribution >= 4 is 17.5 Å². The van der Waals surface area contributed by atoms with Crippen LogP contribution < -0.4 is 10.6 Å². The average molecular weight is 311 g/mol. The van der Waals surface area contributed by atoms with Crippen LogP contribution in [0.5, 0.6) is 0 Å². The van der Waals surface area contributed by atoms with Gasteiger partial charge in [0.15, 0.2) is 0 Å². The molecule has 1 amide bonds. The van der Waals surface area contributed by atoms with E-state index in [1.54, 1.807) is 7.11 Å². The van der Waals surface area contributed by atoms with E-state index in [1.807, 2.05) is 24.3 Å². The van der Waals surface area contributed by atoms with Crippen LogP contribution in [0.15, 0.2) is 24.3 Å². The summed E-state index contributed by atoms with van der Waals surface area (Å²) in [4.78, 5) is 12.5. The zero-order valence-corrected chi connectivity index (χ0v) is 13.2. The van der Waals surface area contributed by atoms with Crippen molar-refractivity contribution in [2.24, 2.45) is 5.41 Å². The highest BCUT2D eigenvalue weighted by Crippen LogP contribution is 2.29. The molecule has 0 saturated carbocycles. The number of methoxy groups -OCH3 is 1. The van der Waals surface area contributed by atoms with Crippen molar-refractivity contribution in [1.82, 2.24) is 10.6 Å². The summed E-state index contributed by atoms with van der Waals surface area (Å²) in [7, 11) is 1.65. The summed E-state index contributed by atoms with van der Waals surface area (Å²) in [6, 6.07) is 7.73. The maximum Gasteiger partial charge on any atom is 0.228 e. The first-order chi connectivity index (χ1) is 10.2. The number of nitrogens with one attached hydrogen (secondary N) is 2. The second-order valence-corrected chi connectivity index (χ2v) is 5.97. The number of halogens is 1. The summed E-state index contributed by atoms with van der Waals surface area (Å²) < 4.78 is 5.28. The van der Waals surface area contributed by atoms with E-state index in [-0.39, 0.29) is 11.3 Å². The molecule has 1 saturated heterocycles. The highest BCUT2D eigenvalue weighted by Gasteiger charge is 2.39. The lowest BCUT2D eigenvalue weighted by Crippen LogP contribution is -2.50. The van der Waals surface area contributed by atoms with Crippen LogP contribution in [0.2, 0.25) is 5.02 Å². The highest BCUT2D eigenvalue weighted by molar-refractivity contribution is 6.31. The van der Waals surface area contributed by atoms with Crippen molar-refractivity contribution in [3.63, 3.8) is 0 Å². The van der Waals surface area contributed by atoms with Crippen LogP contribution in [0.3, 0.4) is 0 Å². The number of ether oxygens (including phenoxy) is 1. The molecule has 1 aliphatic heterocycles. The van der Waals surface area contributed by atoms with Crippen LogP contribution >= 0.6 is 11.6 Å². The van der Waals surface area contributed by atoms with Gasteiger partial charge in [0.1, 0.15) is 0 Å². The molecule has 0 unspecified atom stereocenters. The van der Waals surface area contributed by atoms with Crippen molar-refractivity contribution < 1.29 is 9.53 Å². The Balaban J connectivity index is 1.89. The summed E-state index contributed by atoms with van der Waals surface area (Å²) in [5.41, 5.74) is 0.672. The van der Waals surface area contributed by atoms with Crippen LogP contribution in [0, 0.1) is 5.41 Å². The van der Waals surface area contributed by atoms with Gasteiger partial charge in [-0.3, -0.25) is 4.79 Å². The number of piperidine rings is 1. The molecular weight excluding hydrogens is 288 g/mol. The Kier molecular flexibility index (Phi) is 6.03. The van der Waals surface area contributed by atoms with E-state index in [1.165, 1.54) is 0 Å². The molecule has 116 valence electrons. The summed E-state index contributed by atoms with van der Waals surface area (Å²) in [5, 5.41) is 7.09. The molecule has 2 N–H and O–H groups in total. The smallest absolute Gasteiger partial charge is 0.228 e. The van der Waals surface area contributed by atoms with Crippen molar-refractivity contribution in [3.8, 4) is 0 Å². The summed E-state index contributed by atoms with van der Waals surface area (Å²) in [6.07, 6.45) is 2.38. The number of carbonyl (C=O) groups is 1. The van der Waals surface area contributed by atoms with Crippen molar-refractivity contribution in [3.05, 3.63) is 34.9 Å². The van der Waals surface area contributed by atoms with Crippen LogP contribution in [0.4, 0.5) is 0 Å². The molecule has 5 heteroatoms. The van der Waals surface area contributed by atoms with Gasteiger partial charge in [0.25, 0.3) is 0 Å². The molecule has 4 nitrogen and oxygen atoms in total. The second-order valence-electron chi connectivity index (χ2n) is 5.56. The molecule has 1 heterocycles. The lowest BCUT2D eigenvalue weighted by molar-refractivity contribution is -0.136. The number of hydrogen-bond acceptors (Lipinski definition) is 3. The fourth-order valence-corrected chi connectivity index (χ4v) is 3.05.